The van der Waals surface area contributed by atoms with Crippen LogP contribution in [-0.2, 0) is 11.3 Å². The van der Waals surface area contributed by atoms with Gasteiger partial charge in [-0.1, -0.05) is 15.9 Å². The number of rotatable bonds is 4. The Kier molecular flexibility index (Phi) is 3.45. The average molecular weight is 391 g/mol. The van der Waals surface area contributed by atoms with E-state index in [1.54, 1.807) is 6.92 Å². The average Bonchev–Trinajstić information content (AvgIpc) is 3.28. The summed E-state index contributed by atoms with van der Waals surface area (Å²) >= 11 is 3.37. The molecule has 1 aliphatic carbocycles. The number of amides is 3. The predicted molar refractivity (Wildman–Crippen MR) is 87.6 cm³/mol. The first-order valence-electron chi connectivity index (χ1n) is 7.70. The summed E-state index contributed by atoms with van der Waals surface area (Å²) in [6.07, 6.45) is 1.93. The van der Waals surface area contributed by atoms with Crippen LogP contribution in [0.1, 0.15) is 25.7 Å². The number of imide groups is 1. The van der Waals surface area contributed by atoms with Crippen molar-refractivity contribution in [1.82, 2.24) is 20.4 Å². The van der Waals surface area contributed by atoms with Gasteiger partial charge in [-0.05, 0) is 49.9 Å². The molecule has 1 aromatic heterocycles. The molecule has 124 valence electrons. The Bertz CT molecular complexity index is 815. The molecular formula is C16H15BrN4O3. The van der Waals surface area contributed by atoms with Gasteiger partial charge in [-0.25, -0.2) is 4.79 Å². The molecule has 1 saturated heterocycles. The van der Waals surface area contributed by atoms with Crippen molar-refractivity contribution in [2.24, 2.45) is 5.92 Å². The van der Waals surface area contributed by atoms with Gasteiger partial charge >= 0.3 is 6.03 Å². The number of hydrogen-bond donors (Lipinski definition) is 1. The molecule has 1 saturated carbocycles. The summed E-state index contributed by atoms with van der Waals surface area (Å²) in [6.45, 7) is 1.77. The molecule has 2 aliphatic rings. The maximum Gasteiger partial charge on any atom is 0.325 e. The number of nitrogens with one attached hydrogen (secondary N) is 1. The monoisotopic (exact) mass is 390 g/mol. The lowest BCUT2D eigenvalue weighted by atomic mass is 9.96. The highest BCUT2D eigenvalue weighted by Crippen LogP contribution is 2.42. The zero-order valence-corrected chi connectivity index (χ0v) is 14.5. The summed E-state index contributed by atoms with van der Waals surface area (Å²) in [6, 6.07) is 7.03. The van der Waals surface area contributed by atoms with Crippen molar-refractivity contribution < 1.29 is 14.0 Å². The van der Waals surface area contributed by atoms with E-state index in [4.69, 9.17) is 4.42 Å². The smallest absolute Gasteiger partial charge is 0.325 e. The predicted octanol–water partition coefficient (Wildman–Crippen LogP) is 2.72. The van der Waals surface area contributed by atoms with Crippen LogP contribution in [0.15, 0.2) is 33.2 Å². The second-order valence-electron chi connectivity index (χ2n) is 6.31. The molecule has 2 heterocycles. The lowest BCUT2D eigenvalue weighted by Crippen LogP contribution is -2.46. The Morgan fingerprint density at radius 1 is 1.29 bits per heavy atom. The SMILES string of the molecule is CC1(C2CC2)NC(=O)N(Cc2nnc(-c3ccc(Br)cc3)o2)C1=O. The summed E-state index contributed by atoms with van der Waals surface area (Å²) in [5.41, 5.74) is -0.0250. The molecular weight excluding hydrogens is 376 g/mol. The van der Waals surface area contributed by atoms with Gasteiger partial charge in [0.2, 0.25) is 11.8 Å². The Morgan fingerprint density at radius 2 is 2.00 bits per heavy atom. The van der Waals surface area contributed by atoms with E-state index in [0.717, 1.165) is 27.8 Å². The van der Waals surface area contributed by atoms with Gasteiger partial charge in [-0.2, -0.15) is 0 Å². The maximum atomic E-state index is 12.6. The first-order chi connectivity index (χ1) is 11.5. The van der Waals surface area contributed by atoms with Crippen molar-refractivity contribution in [2.75, 3.05) is 0 Å². The Hall–Kier alpha value is -2.22. The molecule has 0 spiro atoms. The quantitative estimate of drug-likeness (QED) is 0.810. The number of carbonyl (C=O) groups is 2. The maximum absolute atomic E-state index is 12.6. The molecule has 1 aromatic carbocycles. The number of nitrogens with zero attached hydrogens (tertiary/aromatic N) is 3. The number of aromatic nitrogens is 2. The highest BCUT2D eigenvalue weighted by molar-refractivity contribution is 9.10. The van der Waals surface area contributed by atoms with E-state index in [2.05, 4.69) is 31.4 Å². The number of benzene rings is 1. The molecule has 24 heavy (non-hydrogen) atoms. The van der Waals surface area contributed by atoms with Crippen LogP contribution in [0.3, 0.4) is 0 Å². The number of urea groups is 1. The second-order valence-corrected chi connectivity index (χ2v) is 7.22. The normalized spacial score (nSPS) is 23.7. The van der Waals surface area contributed by atoms with E-state index < -0.39 is 11.6 Å². The van der Waals surface area contributed by atoms with Crippen molar-refractivity contribution in [3.05, 3.63) is 34.6 Å². The van der Waals surface area contributed by atoms with Crippen LogP contribution in [0.25, 0.3) is 11.5 Å². The van der Waals surface area contributed by atoms with E-state index in [0.29, 0.717) is 5.89 Å². The third-order valence-electron chi connectivity index (χ3n) is 4.55. The van der Waals surface area contributed by atoms with E-state index >= 15 is 0 Å². The van der Waals surface area contributed by atoms with Gasteiger partial charge in [-0.3, -0.25) is 9.69 Å². The van der Waals surface area contributed by atoms with Crippen molar-refractivity contribution >= 4 is 27.9 Å². The lowest BCUT2D eigenvalue weighted by Gasteiger charge is -2.20. The molecule has 1 aliphatic heterocycles. The van der Waals surface area contributed by atoms with Gasteiger partial charge in [0.1, 0.15) is 12.1 Å². The molecule has 1 atom stereocenters. The van der Waals surface area contributed by atoms with E-state index in [-0.39, 0.29) is 24.3 Å². The minimum Gasteiger partial charge on any atom is -0.419 e. The summed E-state index contributed by atoms with van der Waals surface area (Å²) in [5, 5.41) is 10.7. The van der Waals surface area contributed by atoms with Crippen molar-refractivity contribution in [3.8, 4) is 11.5 Å². The third kappa shape index (κ3) is 2.50. The molecule has 1 N–H and O–H groups in total. The summed E-state index contributed by atoms with van der Waals surface area (Å²) < 4.78 is 6.55. The van der Waals surface area contributed by atoms with E-state index in [9.17, 15) is 9.59 Å². The zero-order chi connectivity index (χ0) is 16.9. The largest absolute Gasteiger partial charge is 0.419 e. The third-order valence-corrected chi connectivity index (χ3v) is 5.08. The van der Waals surface area contributed by atoms with Gasteiger partial charge in [0.15, 0.2) is 0 Å². The van der Waals surface area contributed by atoms with Gasteiger partial charge in [-0.15, -0.1) is 10.2 Å². The molecule has 8 heteroatoms. The Labute approximate surface area is 146 Å². The van der Waals surface area contributed by atoms with Crippen LogP contribution in [0, 0.1) is 5.92 Å². The van der Waals surface area contributed by atoms with Crippen molar-refractivity contribution in [1.29, 1.82) is 0 Å². The fourth-order valence-electron chi connectivity index (χ4n) is 2.96. The van der Waals surface area contributed by atoms with E-state index in [1.165, 1.54) is 0 Å². The molecule has 0 radical (unpaired) electrons. The van der Waals surface area contributed by atoms with Crippen LogP contribution in [0.5, 0.6) is 0 Å². The van der Waals surface area contributed by atoms with Gasteiger partial charge in [0.05, 0.1) is 0 Å². The minimum absolute atomic E-state index is 0.0174. The van der Waals surface area contributed by atoms with Crippen LogP contribution >= 0.6 is 15.9 Å². The molecule has 0 bridgehead atoms. The number of carbonyl (C=O) groups excluding carboxylic acids is 2. The molecule has 1 unspecified atom stereocenters. The molecule has 7 nitrogen and oxygen atoms in total. The van der Waals surface area contributed by atoms with Gasteiger partial charge in [0, 0.05) is 10.0 Å². The number of halogens is 1. The van der Waals surface area contributed by atoms with Crippen LogP contribution in [-0.4, -0.2) is 32.6 Å². The summed E-state index contributed by atoms with van der Waals surface area (Å²) in [5.74, 6) is 0.587. The summed E-state index contributed by atoms with van der Waals surface area (Å²) in [4.78, 5) is 25.9. The summed E-state index contributed by atoms with van der Waals surface area (Å²) in [7, 11) is 0. The van der Waals surface area contributed by atoms with Gasteiger partial charge < -0.3 is 9.73 Å². The van der Waals surface area contributed by atoms with Crippen LogP contribution < -0.4 is 5.32 Å². The standard InChI is InChI=1S/C16H15BrN4O3/c1-16(10-4-5-10)14(22)21(15(23)18-16)8-12-19-20-13(24-12)9-2-6-11(17)7-3-9/h2-3,6-7,10H,4-5,8H2,1H3,(H,18,23). The molecule has 2 aromatic rings. The zero-order valence-electron chi connectivity index (χ0n) is 13.0. The van der Waals surface area contributed by atoms with E-state index in [1.807, 2.05) is 24.3 Å². The molecule has 3 amide bonds. The number of hydrogen-bond acceptors (Lipinski definition) is 5. The van der Waals surface area contributed by atoms with Crippen molar-refractivity contribution in [2.45, 2.75) is 31.8 Å². The fraction of sp³-hybridized carbons (Fsp3) is 0.375. The highest BCUT2D eigenvalue weighted by atomic mass is 79.9. The Morgan fingerprint density at radius 3 is 2.67 bits per heavy atom. The van der Waals surface area contributed by atoms with Crippen molar-refractivity contribution in [3.63, 3.8) is 0 Å². The fourth-order valence-corrected chi connectivity index (χ4v) is 3.22. The van der Waals surface area contributed by atoms with Gasteiger partial charge in [0.25, 0.3) is 5.91 Å². The first kappa shape index (κ1) is 15.3. The first-order valence-corrected chi connectivity index (χ1v) is 8.49. The molecule has 2 fully saturated rings. The highest BCUT2D eigenvalue weighted by Gasteiger charge is 2.56. The minimum atomic E-state index is -0.800. The van der Waals surface area contributed by atoms with Crippen LogP contribution in [0.2, 0.25) is 0 Å². The topological polar surface area (TPSA) is 88.3 Å². The van der Waals surface area contributed by atoms with Crippen LogP contribution in [0.4, 0.5) is 4.79 Å². The second kappa shape index (κ2) is 5.41. The molecule has 4 rings (SSSR count). The Balaban J connectivity index is 1.53. The lowest BCUT2D eigenvalue weighted by molar-refractivity contribution is -0.132.